The first kappa shape index (κ1) is 24.6. The van der Waals surface area contributed by atoms with Crippen molar-refractivity contribution in [3.8, 4) is 5.88 Å². The van der Waals surface area contributed by atoms with Crippen molar-refractivity contribution >= 4 is 11.9 Å². The number of carboxylic acids is 1. The molecule has 0 aliphatic carbocycles. The number of alkyl halides is 3. The average Bonchev–Trinajstić information content (AvgIpc) is 3.30. The summed E-state index contributed by atoms with van der Waals surface area (Å²) in [6.45, 7) is 5.66. The number of rotatable bonds is 3. The van der Waals surface area contributed by atoms with Crippen LogP contribution in [-0.2, 0) is 9.53 Å². The number of aliphatic carboxylic acids is 1. The lowest BCUT2D eigenvalue weighted by Gasteiger charge is -2.38. The second-order valence-corrected chi connectivity index (χ2v) is 8.03. The molecule has 180 valence electrons. The molecule has 0 bridgehead atoms. The van der Waals surface area contributed by atoms with Gasteiger partial charge in [-0.2, -0.15) is 13.2 Å². The molecule has 4 rings (SSSR count). The van der Waals surface area contributed by atoms with E-state index in [4.69, 9.17) is 23.8 Å². The van der Waals surface area contributed by atoms with Crippen molar-refractivity contribution in [1.82, 2.24) is 9.88 Å². The van der Waals surface area contributed by atoms with Gasteiger partial charge in [0.05, 0.1) is 17.8 Å². The summed E-state index contributed by atoms with van der Waals surface area (Å²) in [4.78, 5) is 27.7. The lowest BCUT2D eigenvalue weighted by Crippen LogP contribution is -2.46. The van der Waals surface area contributed by atoms with Crippen molar-refractivity contribution in [2.45, 2.75) is 51.0 Å². The first-order chi connectivity index (χ1) is 15.5. The minimum atomic E-state index is -5.08. The molecule has 2 aliphatic heterocycles. The zero-order valence-corrected chi connectivity index (χ0v) is 18.2. The van der Waals surface area contributed by atoms with E-state index < -0.39 is 12.1 Å². The highest BCUT2D eigenvalue weighted by atomic mass is 19.4. The summed E-state index contributed by atoms with van der Waals surface area (Å²) in [5, 5.41) is 7.12. The van der Waals surface area contributed by atoms with Crippen LogP contribution in [0.1, 0.15) is 41.1 Å². The zero-order chi connectivity index (χ0) is 24.2. The van der Waals surface area contributed by atoms with Gasteiger partial charge in [-0.25, -0.2) is 9.78 Å². The standard InChI is InChI=1S/C20H24N2O4.C2HF3O2/c1-14-11-17(15(2)25-14)19(23)22-9-6-20(7-10-22)12-16(13-24-20)26-18-5-3-4-8-21-18;3-2(4,5)1(6)7/h3-5,8,11,16H,6-7,9-10,12-13H2,1-2H3;(H,6,7). The summed E-state index contributed by atoms with van der Waals surface area (Å²) in [5.74, 6) is -0.612. The number of hydrogen-bond donors (Lipinski definition) is 1. The average molecular weight is 470 g/mol. The zero-order valence-electron chi connectivity index (χ0n) is 18.2. The van der Waals surface area contributed by atoms with Gasteiger partial charge in [-0.15, -0.1) is 0 Å². The number of likely N-dealkylation sites (tertiary alicyclic amines) is 1. The number of aryl methyl sites for hydroxylation is 2. The number of pyridine rings is 1. The summed E-state index contributed by atoms with van der Waals surface area (Å²) < 4.78 is 49.3. The van der Waals surface area contributed by atoms with Crippen LogP contribution in [0.5, 0.6) is 5.88 Å². The molecule has 2 aliphatic rings. The minimum absolute atomic E-state index is 0.0194. The minimum Gasteiger partial charge on any atom is -0.475 e. The summed E-state index contributed by atoms with van der Waals surface area (Å²) in [6, 6.07) is 7.47. The van der Waals surface area contributed by atoms with Crippen molar-refractivity contribution in [2.75, 3.05) is 19.7 Å². The van der Waals surface area contributed by atoms with Crippen LogP contribution in [-0.4, -0.2) is 64.4 Å². The first-order valence-electron chi connectivity index (χ1n) is 10.4. The van der Waals surface area contributed by atoms with Gasteiger partial charge >= 0.3 is 12.1 Å². The summed E-state index contributed by atoms with van der Waals surface area (Å²) in [7, 11) is 0. The molecule has 4 heterocycles. The van der Waals surface area contributed by atoms with E-state index in [9.17, 15) is 18.0 Å². The van der Waals surface area contributed by atoms with E-state index in [0.29, 0.717) is 36.9 Å². The van der Waals surface area contributed by atoms with Crippen molar-refractivity contribution < 1.29 is 41.8 Å². The topological polar surface area (TPSA) is 102 Å². The van der Waals surface area contributed by atoms with Gasteiger partial charge in [0.25, 0.3) is 5.91 Å². The summed E-state index contributed by atoms with van der Waals surface area (Å²) >= 11 is 0. The highest BCUT2D eigenvalue weighted by Gasteiger charge is 2.44. The summed E-state index contributed by atoms with van der Waals surface area (Å²) in [6.07, 6.45) is -0.834. The fraction of sp³-hybridized carbons (Fsp3) is 0.500. The number of hydrogen-bond acceptors (Lipinski definition) is 6. The molecule has 11 heteroatoms. The number of carbonyl (C=O) groups excluding carboxylic acids is 1. The van der Waals surface area contributed by atoms with Crippen LogP contribution >= 0.6 is 0 Å². The maximum atomic E-state index is 12.7. The molecule has 1 unspecified atom stereocenters. The van der Waals surface area contributed by atoms with Gasteiger partial charge in [0.1, 0.15) is 17.6 Å². The Morgan fingerprint density at radius 3 is 2.42 bits per heavy atom. The fourth-order valence-corrected chi connectivity index (χ4v) is 3.95. The van der Waals surface area contributed by atoms with Gasteiger partial charge in [-0.3, -0.25) is 4.79 Å². The maximum Gasteiger partial charge on any atom is 0.490 e. The van der Waals surface area contributed by atoms with E-state index in [-0.39, 0.29) is 17.6 Å². The smallest absolute Gasteiger partial charge is 0.475 e. The van der Waals surface area contributed by atoms with Crippen molar-refractivity contribution in [1.29, 1.82) is 0 Å². The lowest BCUT2D eigenvalue weighted by molar-refractivity contribution is -0.192. The maximum absolute atomic E-state index is 12.7. The number of nitrogens with zero attached hydrogens (tertiary/aromatic N) is 2. The van der Waals surface area contributed by atoms with Gasteiger partial charge in [0.15, 0.2) is 0 Å². The number of halogens is 3. The molecule has 1 amide bonds. The predicted octanol–water partition coefficient (Wildman–Crippen LogP) is 3.77. The normalized spacial score (nSPS) is 19.7. The van der Waals surface area contributed by atoms with E-state index in [1.807, 2.05) is 43.0 Å². The van der Waals surface area contributed by atoms with Crippen LogP contribution in [0.2, 0.25) is 0 Å². The Kier molecular flexibility index (Phi) is 7.31. The van der Waals surface area contributed by atoms with Gasteiger partial charge in [-0.05, 0) is 38.8 Å². The number of aromatic nitrogens is 1. The Bertz CT molecular complexity index is 968. The third-order valence-electron chi connectivity index (χ3n) is 5.58. The number of piperidine rings is 1. The first-order valence-corrected chi connectivity index (χ1v) is 10.4. The van der Waals surface area contributed by atoms with Gasteiger partial charge in [0, 0.05) is 31.8 Å². The fourth-order valence-electron chi connectivity index (χ4n) is 3.95. The molecule has 2 saturated heterocycles. The van der Waals surface area contributed by atoms with Gasteiger partial charge in [0.2, 0.25) is 5.88 Å². The molecule has 0 aromatic carbocycles. The van der Waals surface area contributed by atoms with Crippen LogP contribution < -0.4 is 4.74 Å². The highest BCUT2D eigenvalue weighted by Crippen LogP contribution is 2.37. The largest absolute Gasteiger partial charge is 0.490 e. The Balaban J connectivity index is 0.000000383. The monoisotopic (exact) mass is 470 g/mol. The second kappa shape index (κ2) is 9.82. The second-order valence-electron chi connectivity index (χ2n) is 8.03. The van der Waals surface area contributed by atoms with E-state index in [2.05, 4.69) is 4.98 Å². The molecular formula is C22H25F3N2O6. The molecule has 1 spiro atoms. The van der Waals surface area contributed by atoms with Crippen LogP contribution in [0.3, 0.4) is 0 Å². The molecule has 1 N–H and O–H groups in total. The lowest BCUT2D eigenvalue weighted by atomic mass is 9.87. The molecule has 8 nitrogen and oxygen atoms in total. The quantitative estimate of drug-likeness (QED) is 0.729. The Morgan fingerprint density at radius 2 is 1.91 bits per heavy atom. The molecular weight excluding hydrogens is 445 g/mol. The number of carbonyl (C=O) groups is 2. The third-order valence-corrected chi connectivity index (χ3v) is 5.58. The molecule has 2 aromatic heterocycles. The van der Waals surface area contributed by atoms with E-state index >= 15 is 0 Å². The number of furan rings is 1. The van der Waals surface area contributed by atoms with E-state index in [0.717, 1.165) is 25.0 Å². The Morgan fingerprint density at radius 1 is 1.24 bits per heavy atom. The van der Waals surface area contributed by atoms with Crippen LogP contribution in [0.4, 0.5) is 13.2 Å². The van der Waals surface area contributed by atoms with Crippen LogP contribution in [0.25, 0.3) is 0 Å². The van der Waals surface area contributed by atoms with Crippen molar-refractivity contribution in [3.05, 3.63) is 47.5 Å². The molecule has 1 atom stereocenters. The molecule has 0 saturated carbocycles. The van der Waals surface area contributed by atoms with Gasteiger partial charge in [-0.1, -0.05) is 6.07 Å². The molecule has 0 radical (unpaired) electrons. The number of carboxylic acid groups (broad SMARTS) is 1. The van der Waals surface area contributed by atoms with Gasteiger partial charge < -0.3 is 23.9 Å². The summed E-state index contributed by atoms with van der Waals surface area (Å²) in [5.41, 5.74) is 0.486. The number of ether oxygens (including phenoxy) is 2. The molecule has 2 aromatic rings. The van der Waals surface area contributed by atoms with Crippen molar-refractivity contribution in [2.24, 2.45) is 0 Å². The highest BCUT2D eigenvalue weighted by molar-refractivity contribution is 5.95. The molecule has 2 fully saturated rings. The predicted molar refractivity (Wildman–Crippen MR) is 109 cm³/mol. The molecule has 33 heavy (non-hydrogen) atoms. The van der Waals surface area contributed by atoms with E-state index in [1.54, 1.807) is 6.20 Å². The Labute approximate surface area is 188 Å². The van der Waals surface area contributed by atoms with Crippen LogP contribution in [0, 0.1) is 13.8 Å². The van der Waals surface area contributed by atoms with E-state index in [1.165, 1.54) is 0 Å². The number of amides is 1. The van der Waals surface area contributed by atoms with Crippen LogP contribution in [0.15, 0.2) is 34.9 Å². The Hall–Kier alpha value is -3.08. The SMILES string of the molecule is Cc1cc(C(=O)N2CCC3(CC2)CC(Oc2ccccn2)CO3)c(C)o1.O=C(O)C(F)(F)F. The third kappa shape index (κ3) is 6.25. The van der Waals surface area contributed by atoms with Crippen molar-refractivity contribution in [3.63, 3.8) is 0 Å².